The molecule has 0 radical (unpaired) electrons. The minimum Gasteiger partial charge on any atom is -0.338 e. The van der Waals surface area contributed by atoms with Crippen molar-refractivity contribution in [2.24, 2.45) is 5.92 Å². The molecule has 1 aliphatic heterocycles. The van der Waals surface area contributed by atoms with E-state index in [1.165, 1.54) is 25.0 Å². The maximum Gasteiger partial charge on any atom is 0.241 e. The predicted molar refractivity (Wildman–Crippen MR) is 88.9 cm³/mol. The average Bonchev–Trinajstić information content (AvgIpc) is 2.97. The highest BCUT2D eigenvalue weighted by Gasteiger charge is 2.21. The molecule has 1 aromatic carbocycles. The van der Waals surface area contributed by atoms with E-state index in [1.54, 1.807) is 12.1 Å². The van der Waals surface area contributed by atoms with Crippen LogP contribution in [0.5, 0.6) is 0 Å². The molecule has 0 aliphatic carbocycles. The molecule has 1 saturated heterocycles. The number of hydrogen-bond donors (Lipinski definition) is 1. The van der Waals surface area contributed by atoms with Crippen LogP contribution in [0, 0.1) is 11.7 Å². The van der Waals surface area contributed by atoms with Crippen molar-refractivity contribution in [1.82, 2.24) is 20.4 Å². The lowest BCUT2D eigenvalue weighted by Crippen LogP contribution is -2.38. The second-order valence-electron chi connectivity index (χ2n) is 5.82. The fraction of sp³-hybridized carbons (Fsp3) is 0.500. The molecular weight excluding hydrogens is 319 g/mol. The molecule has 5 nitrogen and oxygen atoms in total. The van der Waals surface area contributed by atoms with Crippen LogP contribution in [0.1, 0.15) is 18.7 Å². The van der Waals surface area contributed by atoms with E-state index < -0.39 is 0 Å². The molecule has 1 unspecified atom stereocenters. The Hall–Kier alpha value is -1.50. The summed E-state index contributed by atoms with van der Waals surface area (Å²) in [6.45, 7) is 3.83. The molecule has 2 aromatic rings. The van der Waals surface area contributed by atoms with Gasteiger partial charge in [-0.2, -0.15) is 4.98 Å². The third kappa shape index (κ3) is 4.73. The predicted octanol–water partition coefficient (Wildman–Crippen LogP) is 2.73. The van der Waals surface area contributed by atoms with Crippen molar-refractivity contribution < 1.29 is 8.91 Å². The molecule has 3 rings (SSSR count). The second-order valence-corrected chi connectivity index (χ2v) is 5.82. The Morgan fingerprint density at radius 2 is 2.13 bits per heavy atom. The molecule has 0 bridgehead atoms. The smallest absolute Gasteiger partial charge is 0.241 e. The number of hydrogen-bond acceptors (Lipinski definition) is 5. The van der Waals surface area contributed by atoms with E-state index in [-0.39, 0.29) is 18.2 Å². The molecule has 0 spiro atoms. The largest absolute Gasteiger partial charge is 0.338 e. The SMILES string of the molecule is CNCC1CCCN(Cc2nc(-c3ccc(F)cc3)no2)C1.Cl. The molecule has 1 fully saturated rings. The zero-order valence-corrected chi connectivity index (χ0v) is 14.0. The molecule has 7 heteroatoms. The van der Waals surface area contributed by atoms with Crippen LogP contribution in [0.3, 0.4) is 0 Å². The molecule has 1 N–H and O–H groups in total. The Morgan fingerprint density at radius 1 is 1.35 bits per heavy atom. The molecule has 1 atom stereocenters. The van der Waals surface area contributed by atoms with Gasteiger partial charge in [0.2, 0.25) is 11.7 Å². The summed E-state index contributed by atoms with van der Waals surface area (Å²) in [6.07, 6.45) is 2.47. The van der Waals surface area contributed by atoms with E-state index in [9.17, 15) is 4.39 Å². The first kappa shape index (κ1) is 17.8. The van der Waals surface area contributed by atoms with E-state index >= 15 is 0 Å². The number of rotatable bonds is 5. The standard InChI is InChI=1S/C16H21FN4O.ClH/c1-18-9-12-3-2-8-21(10-12)11-15-19-16(20-22-15)13-4-6-14(17)7-5-13;/h4-7,12,18H,2-3,8-11H2,1H3;1H. The monoisotopic (exact) mass is 340 g/mol. The zero-order chi connectivity index (χ0) is 15.4. The van der Waals surface area contributed by atoms with Gasteiger partial charge < -0.3 is 9.84 Å². The fourth-order valence-corrected chi connectivity index (χ4v) is 2.98. The lowest BCUT2D eigenvalue weighted by Gasteiger charge is -2.31. The van der Waals surface area contributed by atoms with Crippen LogP contribution in [-0.4, -0.2) is 41.7 Å². The third-order valence-electron chi connectivity index (χ3n) is 4.03. The maximum atomic E-state index is 12.9. The number of benzene rings is 1. The Balaban J connectivity index is 0.00000192. The summed E-state index contributed by atoms with van der Waals surface area (Å²) in [5.41, 5.74) is 0.767. The van der Waals surface area contributed by atoms with Gasteiger partial charge in [-0.25, -0.2) is 4.39 Å². The molecule has 126 valence electrons. The first-order chi connectivity index (χ1) is 10.7. The first-order valence-electron chi connectivity index (χ1n) is 7.70. The molecule has 1 aliphatic rings. The van der Waals surface area contributed by atoms with E-state index in [0.717, 1.165) is 25.2 Å². The van der Waals surface area contributed by atoms with E-state index in [2.05, 4.69) is 20.4 Å². The van der Waals surface area contributed by atoms with Crippen LogP contribution >= 0.6 is 12.4 Å². The van der Waals surface area contributed by atoms with Crippen LogP contribution in [-0.2, 0) is 6.54 Å². The summed E-state index contributed by atoms with van der Waals surface area (Å²) in [5, 5.41) is 7.23. The van der Waals surface area contributed by atoms with E-state index in [0.29, 0.717) is 24.2 Å². The van der Waals surface area contributed by atoms with Crippen LogP contribution in [0.4, 0.5) is 4.39 Å². The van der Waals surface area contributed by atoms with Crippen molar-refractivity contribution in [2.45, 2.75) is 19.4 Å². The highest BCUT2D eigenvalue weighted by atomic mass is 35.5. The summed E-state index contributed by atoms with van der Waals surface area (Å²) in [4.78, 5) is 6.77. The Labute approximate surface area is 141 Å². The quantitative estimate of drug-likeness (QED) is 0.907. The number of aromatic nitrogens is 2. The number of halogens is 2. The molecule has 2 heterocycles. The average molecular weight is 341 g/mol. The molecule has 1 aromatic heterocycles. The third-order valence-corrected chi connectivity index (χ3v) is 4.03. The van der Waals surface area contributed by atoms with Gasteiger partial charge in [0.05, 0.1) is 6.54 Å². The van der Waals surface area contributed by atoms with Crippen LogP contribution in [0.25, 0.3) is 11.4 Å². The van der Waals surface area contributed by atoms with Gasteiger partial charge in [-0.1, -0.05) is 5.16 Å². The lowest BCUT2D eigenvalue weighted by molar-refractivity contribution is 0.149. The Bertz CT molecular complexity index is 602. The van der Waals surface area contributed by atoms with Gasteiger partial charge in [0.15, 0.2) is 0 Å². The van der Waals surface area contributed by atoms with Crippen molar-refractivity contribution in [3.8, 4) is 11.4 Å². The minimum absolute atomic E-state index is 0. The molecule has 23 heavy (non-hydrogen) atoms. The number of nitrogens with one attached hydrogen (secondary N) is 1. The van der Waals surface area contributed by atoms with Crippen molar-refractivity contribution in [1.29, 1.82) is 0 Å². The molecule has 0 amide bonds. The topological polar surface area (TPSA) is 54.2 Å². The van der Waals surface area contributed by atoms with Crippen LogP contribution in [0.2, 0.25) is 0 Å². The first-order valence-corrected chi connectivity index (χ1v) is 7.70. The van der Waals surface area contributed by atoms with Crippen molar-refractivity contribution in [3.05, 3.63) is 36.0 Å². The Kier molecular flexibility index (Phi) is 6.50. The summed E-state index contributed by atoms with van der Waals surface area (Å²) >= 11 is 0. The highest BCUT2D eigenvalue weighted by molar-refractivity contribution is 5.85. The normalized spacial score (nSPS) is 18.6. The zero-order valence-electron chi connectivity index (χ0n) is 13.2. The fourth-order valence-electron chi connectivity index (χ4n) is 2.98. The lowest BCUT2D eigenvalue weighted by atomic mass is 9.98. The number of likely N-dealkylation sites (tertiary alicyclic amines) is 1. The van der Waals surface area contributed by atoms with E-state index in [1.807, 2.05) is 7.05 Å². The number of nitrogens with zero attached hydrogens (tertiary/aromatic N) is 3. The molecular formula is C16H22ClFN4O. The van der Waals surface area contributed by atoms with Crippen LogP contribution in [0.15, 0.2) is 28.8 Å². The summed E-state index contributed by atoms with van der Waals surface area (Å²) in [7, 11) is 1.99. The van der Waals surface area contributed by atoms with Gasteiger partial charge >= 0.3 is 0 Å². The maximum absolute atomic E-state index is 12.9. The molecule has 0 saturated carbocycles. The van der Waals surface area contributed by atoms with Crippen molar-refractivity contribution in [3.63, 3.8) is 0 Å². The second kappa shape index (κ2) is 8.38. The van der Waals surface area contributed by atoms with Gasteiger partial charge in [-0.15, -0.1) is 12.4 Å². The Morgan fingerprint density at radius 3 is 2.87 bits per heavy atom. The van der Waals surface area contributed by atoms with Crippen LogP contribution < -0.4 is 5.32 Å². The summed E-state index contributed by atoms with van der Waals surface area (Å²) in [6, 6.07) is 6.12. The van der Waals surface area contributed by atoms with Gasteiger partial charge in [0.1, 0.15) is 5.82 Å². The van der Waals surface area contributed by atoms with E-state index in [4.69, 9.17) is 4.52 Å². The van der Waals surface area contributed by atoms with Crippen molar-refractivity contribution >= 4 is 12.4 Å². The summed E-state index contributed by atoms with van der Waals surface area (Å²) < 4.78 is 18.3. The minimum atomic E-state index is -0.267. The van der Waals surface area contributed by atoms with Gasteiger partial charge in [0.25, 0.3) is 0 Å². The summed E-state index contributed by atoms with van der Waals surface area (Å²) in [5.74, 6) is 1.54. The van der Waals surface area contributed by atoms with Crippen molar-refractivity contribution in [2.75, 3.05) is 26.7 Å². The highest BCUT2D eigenvalue weighted by Crippen LogP contribution is 2.20. The number of piperidine rings is 1. The van der Waals surface area contributed by atoms with Gasteiger partial charge in [-0.3, -0.25) is 4.90 Å². The van der Waals surface area contributed by atoms with Gasteiger partial charge in [0, 0.05) is 12.1 Å². The van der Waals surface area contributed by atoms with Gasteiger partial charge in [-0.05, 0) is 63.2 Å².